The number of aryl methyl sites for hydroxylation is 3. The van der Waals surface area contributed by atoms with Gasteiger partial charge in [-0.2, -0.15) is 0 Å². The van der Waals surface area contributed by atoms with Gasteiger partial charge >= 0.3 is 7.82 Å². The predicted octanol–water partition coefficient (Wildman–Crippen LogP) is 12.7. The van der Waals surface area contributed by atoms with Crippen LogP contribution in [0.4, 0.5) is 0 Å². The molecule has 3 aromatic heterocycles. The molecule has 1 N–H and O–H groups in total. The Morgan fingerprint density at radius 3 is 0.984 bits per heavy atom. The Hall–Kier alpha value is -5.79. The van der Waals surface area contributed by atoms with Crippen molar-refractivity contribution in [2.75, 3.05) is 0 Å². The molecule has 5 aromatic carbocycles. The molecule has 8 rings (SSSR count). The zero-order valence-electron chi connectivity index (χ0n) is 38.3. The van der Waals surface area contributed by atoms with Crippen LogP contribution in [-0.2, 0) is 24.0 Å². The largest absolute Gasteiger partial charge is 0.584 e. The third-order valence-electron chi connectivity index (χ3n) is 11.0. The number of rotatable bonds is 13. The number of hydrogen-bond acceptors (Lipinski definition) is 6. The van der Waals surface area contributed by atoms with E-state index in [2.05, 4.69) is 167 Å². The van der Waals surface area contributed by atoms with Crippen molar-refractivity contribution in [3.63, 3.8) is 0 Å². The number of phosphoric ester groups is 1. The van der Waals surface area contributed by atoms with Gasteiger partial charge in [0.15, 0.2) is 0 Å². The maximum Gasteiger partial charge on any atom is 0.584 e. The molecule has 0 aliphatic rings. The topological polar surface area (TPSA) is 109 Å². The van der Waals surface area contributed by atoms with Crippen LogP contribution in [0.2, 0.25) is 0 Å². The summed E-state index contributed by atoms with van der Waals surface area (Å²) in [5.41, 5.74) is 13.1. The van der Waals surface area contributed by atoms with Gasteiger partial charge in [0.1, 0.15) is 11.5 Å². The third-order valence-corrected chi connectivity index (χ3v) is 11.9. The van der Waals surface area contributed by atoms with Gasteiger partial charge in [0.05, 0.1) is 17.1 Å². The molecular formula is C51H56BN6O4PZn-. The second kappa shape index (κ2) is 20.8. The van der Waals surface area contributed by atoms with Gasteiger partial charge in [0.2, 0.25) is 0 Å². The molecule has 8 aromatic rings. The number of benzene rings is 5. The van der Waals surface area contributed by atoms with Crippen molar-refractivity contribution in [2.45, 2.75) is 80.1 Å². The minimum Gasteiger partial charge on any atom is -0.422 e. The molecule has 0 saturated heterocycles. The normalized spacial score (nSPS) is 11.5. The van der Waals surface area contributed by atoms with Crippen LogP contribution >= 0.6 is 7.82 Å². The summed E-state index contributed by atoms with van der Waals surface area (Å²) in [6.07, 6.45) is 0. The van der Waals surface area contributed by atoms with Crippen molar-refractivity contribution in [1.82, 2.24) is 29.1 Å². The van der Waals surface area contributed by atoms with E-state index >= 15 is 0 Å². The van der Waals surface area contributed by atoms with Crippen LogP contribution < -0.4 is 9.05 Å². The monoisotopic (exact) mass is 922 g/mol. The molecule has 0 fully saturated rings. The first-order valence-corrected chi connectivity index (χ1v) is 23.0. The molecule has 13 heteroatoms. The Balaban J connectivity index is 0.000000317. The first-order valence-electron chi connectivity index (χ1n) is 21.5. The summed E-state index contributed by atoms with van der Waals surface area (Å²) in [5, 5.41) is 15.6. The van der Waals surface area contributed by atoms with Crippen molar-refractivity contribution in [3.05, 3.63) is 185 Å². The molecule has 0 amide bonds. The fourth-order valence-electron chi connectivity index (χ4n) is 7.26. The van der Waals surface area contributed by atoms with E-state index in [1.54, 1.807) is 60.7 Å². The van der Waals surface area contributed by atoms with Crippen LogP contribution in [0.15, 0.2) is 152 Å². The van der Waals surface area contributed by atoms with Gasteiger partial charge in [0.25, 0.3) is 7.12 Å². The van der Waals surface area contributed by atoms with Crippen molar-refractivity contribution < 1.29 is 38.0 Å². The zero-order valence-corrected chi connectivity index (χ0v) is 42.1. The van der Waals surface area contributed by atoms with Crippen LogP contribution in [0.3, 0.4) is 0 Å². The van der Waals surface area contributed by atoms with E-state index < -0.39 is 14.9 Å². The smallest absolute Gasteiger partial charge is 0.422 e. The minimum absolute atomic E-state index is 0. The summed E-state index contributed by atoms with van der Waals surface area (Å²) in [4.78, 5) is 9.53. The molecule has 10 nitrogen and oxygen atoms in total. The molecule has 0 bridgehead atoms. The van der Waals surface area contributed by atoms with Crippen molar-refractivity contribution in [3.8, 4) is 45.3 Å². The summed E-state index contributed by atoms with van der Waals surface area (Å²) in [7, 11) is -4.57. The standard InChI is InChI=1S/C39H45BN6.C12H11O4P.Zn/c1-25(2)31-10-16-34(17-11-31)37-22-28(7)44(41-37)40(45-29(8)23-38(42-45)35-18-12-32(13-19-35)26(3)4)46-30(9)24-39(43-46)36-20-14-33(15-21-36)27(5)6;13-17(14,15-11-7-3-1-4-8-11)16-12-9-5-2-6-10-12;/h10-27H,1-9H3;1-10H,(H,13,14);/q-1;;. The molecular weight excluding hydrogens is 868 g/mol. The van der Waals surface area contributed by atoms with Crippen molar-refractivity contribution in [1.29, 1.82) is 0 Å². The third kappa shape index (κ3) is 11.5. The summed E-state index contributed by atoms with van der Waals surface area (Å²) in [6, 6.07) is 49.5. The van der Waals surface area contributed by atoms with Crippen molar-refractivity contribution >= 4 is 14.9 Å². The van der Waals surface area contributed by atoms with Gasteiger partial charge in [-0.05, 0) is 115 Å². The van der Waals surface area contributed by atoms with Crippen LogP contribution in [0, 0.1) is 20.8 Å². The van der Waals surface area contributed by atoms with Crippen molar-refractivity contribution in [2.24, 2.45) is 0 Å². The number of aromatic nitrogens is 6. The molecule has 64 heavy (non-hydrogen) atoms. The number of hydrogen-bond donors (Lipinski definition) is 1. The summed E-state index contributed by atoms with van der Waals surface area (Å²) >= 11 is 0. The van der Waals surface area contributed by atoms with Gasteiger partial charge in [0, 0.05) is 36.2 Å². The van der Waals surface area contributed by atoms with Crippen LogP contribution in [0.25, 0.3) is 33.8 Å². The molecule has 3 heterocycles. The SMILES string of the molecule is Cc1cc(-c2ccc(C(C)C)cc2)nn1[B-](n1nc(-c2ccc(C(C)C)cc2)cc1C)n1nc(-c2ccc(C(C)C)cc2)cc1C.O=P(O)(Oc1ccccc1)Oc1ccccc1.[Zn]. The second-order valence-corrected chi connectivity index (χ2v) is 18.1. The first-order chi connectivity index (χ1) is 30.2. The van der Waals surface area contributed by atoms with E-state index in [1.807, 2.05) is 0 Å². The minimum atomic E-state index is -4.14. The average Bonchev–Trinajstić information content (AvgIpc) is 3.98. The van der Waals surface area contributed by atoms with Crippen LogP contribution in [-0.4, -0.2) is 41.1 Å². The molecule has 0 saturated carbocycles. The van der Waals surface area contributed by atoms with E-state index in [0.29, 0.717) is 17.8 Å². The molecule has 0 unspecified atom stereocenters. The number of nitrogens with zero attached hydrogens (tertiary/aromatic N) is 6. The summed E-state index contributed by atoms with van der Waals surface area (Å²) < 4.78 is 27.6. The van der Waals surface area contributed by atoms with E-state index in [0.717, 1.165) is 50.9 Å². The predicted molar refractivity (Wildman–Crippen MR) is 255 cm³/mol. The fourth-order valence-corrected chi connectivity index (χ4v) is 8.08. The molecule has 0 atom stereocenters. The molecule has 0 aliphatic heterocycles. The summed E-state index contributed by atoms with van der Waals surface area (Å²) in [5.74, 6) is 2.02. The van der Waals surface area contributed by atoms with Gasteiger partial charge in [-0.3, -0.25) is 4.89 Å². The maximum atomic E-state index is 11.7. The van der Waals surface area contributed by atoms with Crippen LogP contribution in [0.1, 0.15) is 93.1 Å². The summed E-state index contributed by atoms with van der Waals surface area (Å²) in [6.45, 7) is 19.7. The quantitative estimate of drug-likeness (QED) is 0.0906. The Bertz CT molecular complexity index is 2510. The second-order valence-electron chi connectivity index (χ2n) is 16.8. The number of para-hydroxylation sites is 2. The van der Waals surface area contributed by atoms with E-state index in [-0.39, 0.29) is 31.0 Å². The van der Waals surface area contributed by atoms with Crippen LogP contribution in [0.5, 0.6) is 11.5 Å². The molecule has 1 radical (unpaired) electrons. The average molecular weight is 924 g/mol. The Kier molecular flexibility index (Phi) is 15.5. The van der Waals surface area contributed by atoms with Gasteiger partial charge in [-0.1, -0.05) is 151 Å². The van der Waals surface area contributed by atoms with E-state index in [9.17, 15) is 9.46 Å². The molecule has 0 spiro atoms. The number of phosphoric acid groups is 1. The van der Waals surface area contributed by atoms with Gasteiger partial charge in [-0.25, -0.2) is 19.9 Å². The first kappa shape index (κ1) is 47.7. The Morgan fingerprint density at radius 1 is 0.469 bits per heavy atom. The van der Waals surface area contributed by atoms with Gasteiger partial charge < -0.3 is 22.8 Å². The molecule has 325 valence electrons. The Labute approximate surface area is 390 Å². The van der Waals surface area contributed by atoms with E-state index in [4.69, 9.17) is 24.3 Å². The van der Waals surface area contributed by atoms with E-state index in [1.165, 1.54) is 16.7 Å². The van der Waals surface area contributed by atoms with Gasteiger partial charge in [-0.15, -0.1) is 0 Å². The maximum absolute atomic E-state index is 11.7. The molecule has 0 aliphatic carbocycles. The fraction of sp³-hybridized carbons (Fsp3) is 0.235. The zero-order chi connectivity index (χ0) is 44.8. The Morgan fingerprint density at radius 2 is 0.734 bits per heavy atom.